The first-order valence-electron chi connectivity index (χ1n) is 8.31. The van der Waals surface area contributed by atoms with Crippen LogP contribution < -0.4 is 4.52 Å². The van der Waals surface area contributed by atoms with Gasteiger partial charge in [-0.1, -0.05) is 53.7 Å². The van der Waals surface area contributed by atoms with E-state index in [2.05, 4.69) is 15.2 Å². The summed E-state index contributed by atoms with van der Waals surface area (Å²) in [6.07, 6.45) is 3.07. The summed E-state index contributed by atoms with van der Waals surface area (Å²) in [5.74, 6) is 0.571. The van der Waals surface area contributed by atoms with E-state index in [9.17, 15) is 0 Å². The Kier molecular flexibility index (Phi) is 6.70. The van der Waals surface area contributed by atoms with Crippen molar-refractivity contribution in [2.45, 2.75) is 13.5 Å². The van der Waals surface area contributed by atoms with Crippen molar-refractivity contribution < 1.29 is 13.7 Å². The Labute approximate surface area is 162 Å². The van der Waals surface area contributed by atoms with Gasteiger partial charge in [0.1, 0.15) is 24.1 Å². The van der Waals surface area contributed by atoms with Crippen molar-refractivity contribution in [1.29, 1.82) is 0 Å². The maximum Gasteiger partial charge on any atom is 0.455 e. The molecule has 3 aromatic rings. The van der Waals surface area contributed by atoms with Crippen LogP contribution in [0.3, 0.4) is 0 Å². The molecule has 0 fully saturated rings. The normalized spacial score (nSPS) is 13.7. The van der Waals surface area contributed by atoms with Crippen molar-refractivity contribution in [3.05, 3.63) is 78.9 Å². The lowest BCUT2D eigenvalue weighted by molar-refractivity contribution is 0.216. The summed E-state index contributed by atoms with van der Waals surface area (Å²) in [5, 5.41) is 8.40. The molecule has 9 heteroatoms. The Morgan fingerprint density at radius 1 is 1.11 bits per heavy atom. The Hall–Kier alpha value is -2.54. The van der Waals surface area contributed by atoms with Gasteiger partial charge in [-0.05, 0) is 19.1 Å². The molecule has 2 aromatic carbocycles. The van der Waals surface area contributed by atoms with Crippen LogP contribution in [0, 0.1) is 0 Å². The minimum absolute atomic E-state index is 0.351. The molecule has 1 unspecified atom stereocenters. The molecule has 0 aliphatic rings. The maximum absolute atomic E-state index is 5.80. The van der Waals surface area contributed by atoms with E-state index in [1.54, 1.807) is 23.1 Å². The average molecular weight is 402 g/mol. The SMILES string of the molecule is CCOP(=S)(O/N=C(\Cn1cncn1)c1ccccc1)Oc1ccccc1. The van der Waals surface area contributed by atoms with Gasteiger partial charge in [0.25, 0.3) is 0 Å². The standard InChI is InChI=1S/C18H19N4O3PS/c1-2-23-26(27,24-17-11-7-4-8-12-17)25-21-18(13-22-15-19-14-20-22)16-9-5-3-6-10-16/h3-12,14-15H,2,13H2,1H3/b21-18+. The Balaban J connectivity index is 1.84. The molecule has 0 N–H and O–H groups in total. The summed E-state index contributed by atoms with van der Waals surface area (Å²) in [6.45, 7) is -0.553. The molecule has 3 rings (SSSR count). The van der Waals surface area contributed by atoms with E-state index in [-0.39, 0.29) is 0 Å². The summed E-state index contributed by atoms with van der Waals surface area (Å²) in [7, 11) is 0. The molecule has 0 saturated heterocycles. The van der Waals surface area contributed by atoms with Crippen molar-refractivity contribution in [1.82, 2.24) is 14.8 Å². The van der Waals surface area contributed by atoms with Crippen molar-refractivity contribution in [2.75, 3.05) is 6.61 Å². The molecular formula is C18H19N4O3PS. The first-order valence-corrected chi connectivity index (χ1v) is 10.9. The van der Waals surface area contributed by atoms with Gasteiger partial charge in [-0.15, -0.1) is 0 Å². The molecule has 0 saturated carbocycles. The lowest BCUT2D eigenvalue weighted by Gasteiger charge is -2.19. The first kappa shape index (κ1) is 19.2. The molecule has 1 aromatic heterocycles. The smallest absolute Gasteiger partial charge is 0.415 e. The molecule has 1 heterocycles. The predicted octanol–water partition coefficient (Wildman–Crippen LogP) is 4.04. The summed E-state index contributed by atoms with van der Waals surface area (Å²) < 4.78 is 18.7. The van der Waals surface area contributed by atoms with Crippen LogP contribution in [0.5, 0.6) is 5.75 Å². The highest BCUT2D eigenvalue weighted by Gasteiger charge is 2.24. The topological polar surface area (TPSA) is 70.8 Å². The monoisotopic (exact) mass is 402 g/mol. The molecule has 0 spiro atoms. The van der Waals surface area contributed by atoms with E-state index in [0.29, 0.717) is 24.6 Å². The third-order valence-corrected chi connectivity index (χ3v) is 5.41. The Morgan fingerprint density at radius 3 is 2.44 bits per heavy atom. The number of hydrogen-bond donors (Lipinski definition) is 0. The van der Waals surface area contributed by atoms with Crippen LogP contribution in [0.25, 0.3) is 0 Å². The number of hydrogen-bond acceptors (Lipinski definition) is 7. The highest BCUT2D eigenvalue weighted by molar-refractivity contribution is 8.07. The van der Waals surface area contributed by atoms with Gasteiger partial charge in [-0.25, -0.2) is 9.67 Å². The summed E-state index contributed by atoms with van der Waals surface area (Å²) in [6, 6.07) is 18.8. The largest absolute Gasteiger partial charge is 0.455 e. The van der Waals surface area contributed by atoms with Crippen LogP contribution in [-0.2, 0) is 27.5 Å². The fourth-order valence-corrected chi connectivity index (χ4v) is 3.91. The van der Waals surface area contributed by atoms with Crippen LogP contribution in [0.4, 0.5) is 0 Å². The second-order valence-electron chi connectivity index (χ2n) is 5.35. The van der Waals surface area contributed by atoms with Gasteiger partial charge in [-0.3, -0.25) is 4.52 Å². The highest BCUT2D eigenvalue weighted by atomic mass is 32.5. The summed E-state index contributed by atoms with van der Waals surface area (Å²) in [5.41, 5.74) is 1.51. The molecule has 0 aliphatic heterocycles. The molecular weight excluding hydrogens is 383 g/mol. The molecule has 0 radical (unpaired) electrons. The quantitative estimate of drug-likeness (QED) is 0.306. The van der Waals surface area contributed by atoms with E-state index in [4.69, 9.17) is 25.5 Å². The van der Waals surface area contributed by atoms with Gasteiger partial charge in [0, 0.05) is 17.4 Å². The zero-order valence-electron chi connectivity index (χ0n) is 14.7. The molecule has 0 aliphatic carbocycles. The summed E-state index contributed by atoms with van der Waals surface area (Å²) in [4.78, 5) is 3.96. The minimum atomic E-state index is -3.11. The number of benzene rings is 2. The minimum Gasteiger partial charge on any atom is -0.415 e. The van der Waals surface area contributed by atoms with Crippen LogP contribution in [0.1, 0.15) is 12.5 Å². The Bertz CT molecular complexity index is 905. The van der Waals surface area contributed by atoms with Crippen molar-refractivity contribution in [2.24, 2.45) is 5.16 Å². The average Bonchev–Trinajstić information content (AvgIpc) is 3.20. The van der Waals surface area contributed by atoms with E-state index < -0.39 is 6.72 Å². The third-order valence-electron chi connectivity index (χ3n) is 3.38. The predicted molar refractivity (Wildman–Crippen MR) is 107 cm³/mol. The zero-order valence-corrected chi connectivity index (χ0v) is 16.4. The van der Waals surface area contributed by atoms with E-state index in [1.165, 1.54) is 6.33 Å². The lowest BCUT2D eigenvalue weighted by Crippen LogP contribution is -2.13. The summed E-state index contributed by atoms with van der Waals surface area (Å²) >= 11 is 5.50. The van der Waals surface area contributed by atoms with Gasteiger partial charge in [0.05, 0.1) is 13.2 Å². The second-order valence-corrected chi connectivity index (χ2v) is 8.19. The van der Waals surface area contributed by atoms with E-state index >= 15 is 0 Å². The number of aromatic nitrogens is 3. The zero-order chi connectivity index (χ0) is 19.0. The molecule has 0 bridgehead atoms. The number of oxime groups is 1. The van der Waals surface area contributed by atoms with Gasteiger partial charge in [0.2, 0.25) is 0 Å². The third kappa shape index (κ3) is 5.72. The van der Waals surface area contributed by atoms with Gasteiger partial charge in [-0.2, -0.15) is 5.10 Å². The maximum atomic E-state index is 5.80. The number of rotatable bonds is 9. The van der Waals surface area contributed by atoms with E-state index in [1.807, 2.05) is 55.5 Å². The second kappa shape index (κ2) is 9.41. The van der Waals surface area contributed by atoms with Crippen molar-refractivity contribution >= 4 is 24.2 Å². The molecule has 7 nitrogen and oxygen atoms in total. The number of para-hydroxylation sites is 1. The lowest BCUT2D eigenvalue weighted by atomic mass is 10.1. The molecule has 140 valence electrons. The fraction of sp³-hybridized carbons (Fsp3) is 0.167. The van der Waals surface area contributed by atoms with Crippen molar-refractivity contribution in [3.63, 3.8) is 0 Å². The van der Waals surface area contributed by atoms with Gasteiger partial charge >= 0.3 is 6.72 Å². The first-order chi connectivity index (χ1) is 13.2. The highest BCUT2D eigenvalue weighted by Crippen LogP contribution is 2.50. The van der Waals surface area contributed by atoms with Gasteiger partial charge < -0.3 is 9.15 Å². The van der Waals surface area contributed by atoms with Crippen LogP contribution in [-0.4, -0.2) is 27.1 Å². The molecule has 1 atom stereocenters. The fourth-order valence-electron chi connectivity index (χ4n) is 2.21. The molecule has 0 amide bonds. The van der Waals surface area contributed by atoms with Crippen molar-refractivity contribution in [3.8, 4) is 5.75 Å². The number of nitrogens with zero attached hydrogens (tertiary/aromatic N) is 4. The van der Waals surface area contributed by atoms with Gasteiger partial charge in [0.15, 0.2) is 0 Å². The van der Waals surface area contributed by atoms with E-state index in [0.717, 1.165) is 5.56 Å². The van der Waals surface area contributed by atoms with Crippen LogP contribution in [0.2, 0.25) is 0 Å². The molecule has 27 heavy (non-hydrogen) atoms. The van der Waals surface area contributed by atoms with Crippen LogP contribution >= 0.6 is 6.72 Å². The van der Waals surface area contributed by atoms with Crippen LogP contribution in [0.15, 0.2) is 78.5 Å². The Morgan fingerprint density at radius 2 is 1.81 bits per heavy atom.